The minimum Gasteiger partial charge on any atom is -0.462 e. The quantitative estimate of drug-likeness (QED) is 0.613. The second kappa shape index (κ2) is 3.72. The van der Waals surface area contributed by atoms with Gasteiger partial charge in [0.05, 0.1) is 0 Å². The highest BCUT2D eigenvalue weighted by Crippen LogP contribution is 2.37. The first-order chi connectivity index (χ1) is 5.24. The molecular formula is C8H14O3. The summed E-state index contributed by atoms with van der Waals surface area (Å²) in [7, 11) is 0. The van der Waals surface area contributed by atoms with Gasteiger partial charge in [0, 0.05) is 13.5 Å². The Bertz CT molecular complexity index is 144. The summed E-state index contributed by atoms with van der Waals surface area (Å²) in [6, 6.07) is 0. The molecule has 0 aromatic carbocycles. The van der Waals surface area contributed by atoms with Crippen molar-refractivity contribution in [2.75, 3.05) is 6.61 Å². The van der Waals surface area contributed by atoms with E-state index in [9.17, 15) is 4.79 Å². The van der Waals surface area contributed by atoms with Crippen LogP contribution >= 0.6 is 0 Å². The van der Waals surface area contributed by atoms with E-state index in [0.29, 0.717) is 5.92 Å². The SMILES string of the molecule is CC(=O)O[C@H]1C[C@@H]1CCCO. The van der Waals surface area contributed by atoms with Crippen molar-refractivity contribution in [3.63, 3.8) is 0 Å². The van der Waals surface area contributed by atoms with Gasteiger partial charge in [-0.05, 0) is 25.2 Å². The molecule has 0 heterocycles. The van der Waals surface area contributed by atoms with E-state index >= 15 is 0 Å². The van der Waals surface area contributed by atoms with E-state index in [4.69, 9.17) is 9.84 Å². The van der Waals surface area contributed by atoms with Crippen molar-refractivity contribution in [2.45, 2.75) is 32.3 Å². The second-order valence-electron chi connectivity index (χ2n) is 3.01. The van der Waals surface area contributed by atoms with Crippen molar-refractivity contribution < 1.29 is 14.6 Å². The van der Waals surface area contributed by atoms with Crippen LogP contribution in [0.1, 0.15) is 26.2 Å². The Hall–Kier alpha value is -0.570. The first-order valence-corrected chi connectivity index (χ1v) is 4.02. The van der Waals surface area contributed by atoms with E-state index in [2.05, 4.69) is 0 Å². The third-order valence-electron chi connectivity index (χ3n) is 1.91. The molecule has 0 amide bonds. The number of carbonyl (C=O) groups is 1. The second-order valence-corrected chi connectivity index (χ2v) is 3.01. The van der Waals surface area contributed by atoms with Crippen LogP contribution < -0.4 is 0 Å². The number of hydrogen-bond donors (Lipinski definition) is 1. The van der Waals surface area contributed by atoms with Crippen LogP contribution in [0.25, 0.3) is 0 Å². The predicted molar refractivity (Wildman–Crippen MR) is 40.0 cm³/mol. The van der Waals surface area contributed by atoms with E-state index < -0.39 is 0 Å². The van der Waals surface area contributed by atoms with Crippen molar-refractivity contribution in [3.8, 4) is 0 Å². The van der Waals surface area contributed by atoms with E-state index in [1.807, 2.05) is 0 Å². The summed E-state index contributed by atoms with van der Waals surface area (Å²) in [5, 5.41) is 8.50. The smallest absolute Gasteiger partial charge is 0.302 e. The molecule has 1 N–H and O–H groups in total. The van der Waals surface area contributed by atoms with Crippen LogP contribution in [0.3, 0.4) is 0 Å². The topological polar surface area (TPSA) is 46.5 Å². The lowest BCUT2D eigenvalue weighted by atomic mass is 10.2. The molecule has 2 atom stereocenters. The minimum atomic E-state index is -0.193. The van der Waals surface area contributed by atoms with Crippen LogP contribution in [-0.2, 0) is 9.53 Å². The van der Waals surface area contributed by atoms with Crippen molar-refractivity contribution in [2.24, 2.45) is 5.92 Å². The minimum absolute atomic E-state index is 0.152. The highest BCUT2D eigenvalue weighted by Gasteiger charge is 2.39. The molecule has 1 aliphatic rings. The molecule has 1 rings (SSSR count). The highest BCUT2D eigenvalue weighted by molar-refractivity contribution is 5.66. The maximum atomic E-state index is 10.4. The van der Waals surface area contributed by atoms with Crippen LogP contribution in [-0.4, -0.2) is 23.8 Å². The zero-order valence-electron chi connectivity index (χ0n) is 6.75. The number of hydrogen-bond acceptors (Lipinski definition) is 3. The summed E-state index contributed by atoms with van der Waals surface area (Å²) >= 11 is 0. The van der Waals surface area contributed by atoms with Gasteiger partial charge in [-0.15, -0.1) is 0 Å². The average molecular weight is 158 g/mol. The molecular weight excluding hydrogens is 144 g/mol. The fourth-order valence-corrected chi connectivity index (χ4v) is 1.23. The van der Waals surface area contributed by atoms with Crippen molar-refractivity contribution in [1.29, 1.82) is 0 Å². The van der Waals surface area contributed by atoms with Crippen LogP contribution in [0, 0.1) is 5.92 Å². The van der Waals surface area contributed by atoms with Gasteiger partial charge >= 0.3 is 5.97 Å². The maximum Gasteiger partial charge on any atom is 0.302 e. The summed E-state index contributed by atoms with van der Waals surface area (Å²) in [5.41, 5.74) is 0. The molecule has 1 saturated carbocycles. The van der Waals surface area contributed by atoms with E-state index in [-0.39, 0.29) is 18.7 Å². The molecule has 1 fully saturated rings. The Balaban J connectivity index is 2.02. The van der Waals surface area contributed by atoms with Crippen molar-refractivity contribution >= 4 is 5.97 Å². The molecule has 0 aromatic rings. The summed E-state index contributed by atoms with van der Waals surface area (Å²) in [5.74, 6) is 0.326. The molecule has 3 nitrogen and oxygen atoms in total. The lowest BCUT2D eigenvalue weighted by Crippen LogP contribution is -2.02. The van der Waals surface area contributed by atoms with E-state index in [0.717, 1.165) is 19.3 Å². The molecule has 1 aliphatic carbocycles. The van der Waals surface area contributed by atoms with Gasteiger partial charge in [-0.25, -0.2) is 0 Å². The standard InChI is InChI=1S/C8H14O3/c1-6(10)11-8-5-7(8)3-2-4-9/h7-9H,2-5H2,1H3/t7-,8-/m0/s1. The normalized spacial score (nSPS) is 28.2. The highest BCUT2D eigenvalue weighted by atomic mass is 16.5. The zero-order valence-corrected chi connectivity index (χ0v) is 6.75. The monoisotopic (exact) mass is 158 g/mol. The molecule has 64 valence electrons. The number of rotatable bonds is 4. The Kier molecular flexibility index (Phi) is 2.88. The maximum absolute atomic E-state index is 10.4. The summed E-state index contributed by atoms with van der Waals surface area (Å²) in [6.07, 6.45) is 2.94. The van der Waals surface area contributed by atoms with Gasteiger partial charge in [0.2, 0.25) is 0 Å². The van der Waals surface area contributed by atoms with Gasteiger partial charge in [-0.3, -0.25) is 4.79 Å². The summed E-state index contributed by atoms with van der Waals surface area (Å²) < 4.78 is 4.95. The predicted octanol–water partition coefficient (Wildman–Crippen LogP) is 0.710. The average Bonchev–Trinajstić information content (AvgIpc) is 2.62. The summed E-state index contributed by atoms with van der Waals surface area (Å²) in [6.45, 7) is 1.67. The molecule has 0 aromatic heterocycles. The molecule has 0 unspecified atom stereocenters. The largest absolute Gasteiger partial charge is 0.462 e. The van der Waals surface area contributed by atoms with E-state index in [1.54, 1.807) is 0 Å². The van der Waals surface area contributed by atoms with Gasteiger partial charge in [0.25, 0.3) is 0 Å². The molecule has 0 saturated heterocycles. The first-order valence-electron chi connectivity index (χ1n) is 4.02. The first kappa shape index (κ1) is 8.53. The molecule has 0 radical (unpaired) electrons. The van der Waals surface area contributed by atoms with Crippen LogP contribution in [0.5, 0.6) is 0 Å². The Morgan fingerprint density at radius 1 is 1.73 bits per heavy atom. The number of ether oxygens (including phenoxy) is 1. The van der Waals surface area contributed by atoms with Crippen LogP contribution in [0.15, 0.2) is 0 Å². The van der Waals surface area contributed by atoms with Gasteiger partial charge in [-0.2, -0.15) is 0 Å². The molecule has 3 heteroatoms. The van der Waals surface area contributed by atoms with Gasteiger partial charge < -0.3 is 9.84 Å². The third-order valence-corrected chi connectivity index (χ3v) is 1.91. The van der Waals surface area contributed by atoms with Crippen LogP contribution in [0.2, 0.25) is 0 Å². The summed E-state index contributed by atoms with van der Waals surface area (Å²) in [4.78, 5) is 10.4. The Morgan fingerprint density at radius 2 is 2.45 bits per heavy atom. The van der Waals surface area contributed by atoms with Crippen molar-refractivity contribution in [3.05, 3.63) is 0 Å². The van der Waals surface area contributed by atoms with Crippen molar-refractivity contribution in [1.82, 2.24) is 0 Å². The van der Waals surface area contributed by atoms with Gasteiger partial charge in [0.1, 0.15) is 6.10 Å². The Labute approximate surface area is 66.4 Å². The number of carbonyl (C=O) groups excluding carboxylic acids is 1. The zero-order chi connectivity index (χ0) is 8.27. The van der Waals surface area contributed by atoms with Gasteiger partial charge in [0.15, 0.2) is 0 Å². The number of esters is 1. The van der Waals surface area contributed by atoms with Crippen LogP contribution in [0.4, 0.5) is 0 Å². The van der Waals surface area contributed by atoms with Gasteiger partial charge in [-0.1, -0.05) is 0 Å². The molecule has 11 heavy (non-hydrogen) atoms. The fourth-order valence-electron chi connectivity index (χ4n) is 1.23. The number of aliphatic hydroxyl groups excluding tert-OH is 1. The third kappa shape index (κ3) is 2.89. The number of aliphatic hydroxyl groups is 1. The fraction of sp³-hybridized carbons (Fsp3) is 0.875. The lowest BCUT2D eigenvalue weighted by Gasteiger charge is -1.98. The molecule has 0 aliphatic heterocycles. The van der Waals surface area contributed by atoms with E-state index in [1.165, 1.54) is 6.92 Å². The molecule has 0 spiro atoms. The lowest BCUT2D eigenvalue weighted by molar-refractivity contribution is -0.142. The Morgan fingerprint density at radius 3 is 3.00 bits per heavy atom. The molecule has 0 bridgehead atoms.